The molecule has 0 fully saturated rings. The summed E-state index contributed by atoms with van der Waals surface area (Å²) in [6.45, 7) is 5.45. The zero-order valence-corrected chi connectivity index (χ0v) is 11.4. The highest BCUT2D eigenvalue weighted by molar-refractivity contribution is 7.71. The van der Waals surface area contributed by atoms with Crippen LogP contribution >= 0.6 is 12.2 Å². The van der Waals surface area contributed by atoms with E-state index in [0.717, 1.165) is 23.4 Å². The van der Waals surface area contributed by atoms with Crippen LogP contribution in [0.15, 0.2) is 0 Å². The number of hydrogen-bond acceptors (Lipinski definition) is 3. The van der Waals surface area contributed by atoms with E-state index in [0.29, 0.717) is 24.2 Å². The first kappa shape index (κ1) is 12.8. The quantitative estimate of drug-likeness (QED) is 0.805. The lowest BCUT2D eigenvalue weighted by molar-refractivity contribution is -0.118. The smallest absolute Gasteiger partial charge is 0.217 e. The third-order valence-electron chi connectivity index (χ3n) is 2.94. The van der Waals surface area contributed by atoms with Crippen molar-refractivity contribution in [2.75, 3.05) is 0 Å². The number of carbonyl (C=O) groups excluding carboxylic acids is 1. The van der Waals surface area contributed by atoms with Gasteiger partial charge in [0.1, 0.15) is 5.52 Å². The largest absolute Gasteiger partial charge is 0.370 e. The first-order chi connectivity index (χ1) is 8.54. The molecule has 2 aromatic heterocycles. The van der Waals surface area contributed by atoms with Crippen molar-refractivity contribution in [2.45, 2.75) is 39.8 Å². The average molecular weight is 267 g/mol. The number of nitrogens with two attached hydrogens (primary N) is 1. The number of aryl methyl sites for hydroxylation is 3. The summed E-state index contributed by atoms with van der Waals surface area (Å²) in [7, 11) is 0. The lowest BCUT2D eigenvalue weighted by Crippen LogP contribution is -2.12. The van der Waals surface area contributed by atoms with Gasteiger partial charge < -0.3 is 15.3 Å². The second-order valence-corrected chi connectivity index (χ2v) is 4.64. The van der Waals surface area contributed by atoms with Crippen molar-refractivity contribution in [3.8, 4) is 0 Å². The van der Waals surface area contributed by atoms with Gasteiger partial charge in [-0.15, -0.1) is 0 Å². The predicted molar refractivity (Wildman–Crippen MR) is 71.7 cm³/mol. The number of carbonyl (C=O) groups is 1. The summed E-state index contributed by atoms with van der Waals surface area (Å²) in [5, 5.41) is 4.44. The molecule has 0 aliphatic rings. The summed E-state index contributed by atoms with van der Waals surface area (Å²) in [5.41, 5.74) is 8.04. The highest BCUT2D eigenvalue weighted by Crippen LogP contribution is 2.18. The Hall–Kier alpha value is -1.63. The van der Waals surface area contributed by atoms with Crippen LogP contribution in [0.25, 0.3) is 11.2 Å². The van der Waals surface area contributed by atoms with E-state index in [9.17, 15) is 4.79 Å². The minimum Gasteiger partial charge on any atom is -0.370 e. The number of fused-ring (bicyclic) bond motifs is 1. The first-order valence-electron chi connectivity index (χ1n) is 5.98. The number of amides is 1. The van der Waals surface area contributed by atoms with Gasteiger partial charge in [-0.1, -0.05) is 0 Å². The van der Waals surface area contributed by atoms with E-state index in [1.54, 1.807) is 0 Å². The van der Waals surface area contributed by atoms with Crippen LogP contribution in [0, 0.1) is 11.7 Å². The molecule has 6 nitrogen and oxygen atoms in total. The third kappa shape index (κ3) is 2.17. The summed E-state index contributed by atoms with van der Waals surface area (Å²) in [4.78, 5) is 13.9. The first-order valence-corrected chi connectivity index (χ1v) is 6.39. The van der Waals surface area contributed by atoms with Gasteiger partial charge in [-0.3, -0.25) is 4.79 Å². The summed E-state index contributed by atoms with van der Waals surface area (Å²) in [5.74, 6) is -0.284. The second-order valence-electron chi connectivity index (χ2n) is 4.25. The minimum atomic E-state index is -0.284. The van der Waals surface area contributed by atoms with Crippen molar-refractivity contribution >= 4 is 29.3 Å². The Morgan fingerprint density at radius 2 is 2.28 bits per heavy atom. The zero-order chi connectivity index (χ0) is 13.3. The Morgan fingerprint density at radius 1 is 1.56 bits per heavy atom. The molecular formula is C11H17N5OS. The number of H-pyrrole nitrogens is 1. The average Bonchev–Trinajstić information content (AvgIpc) is 2.78. The number of imidazole rings is 1. The van der Waals surface area contributed by atoms with Gasteiger partial charge in [-0.2, -0.15) is 5.10 Å². The molecule has 0 aliphatic heterocycles. The van der Waals surface area contributed by atoms with E-state index in [1.807, 2.05) is 23.1 Å². The summed E-state index contributed by atoms with van der Waals surface area (Å²) in [6, 6.07) is 0. The molecule has 2 rings (SSSR count). The number of nitrogens with zero attached hydrogens (tertiary/aromatic N) is 3. The highest BCUT2D eigenvalue weighted by atomic mass is 32.1. The molecule has 18 heavy (non-hydrogen) atoms. The fourth-order valence-electron chi connectivity index (χ4n) is 2.10. The van der Waals surface area contributed by atoms with E-state index in [2.05, 4.69) is 10.1 Å². The van der Waals surface area contributed by atoms with Crippen molar-refractivity contribution in [3.05, 3.63) is 10.5 Å². The van der Waals surface area contributed by atoms with Gasteiger partial charge in [-0.05, 0) is 32.5 Å². The van der Waals surface area contributed by atoms with Crippen molar-refractivity contribution in [1.29, 1.82) is 0 Å². The van der Waals surface area contributed by atoms with Gasteiger partial charge in [0.15, 0.2) is 10.4 Å². The Balaban J connectivity index is 2.39. The maximum atomic E-state index is 10.8. The van der Waals surface area contributed by atoms with E-state index >= 15 is 0 Å². The Bertz CT molecular complexity index is 636. The predicted octanol–water partition coefficient (Wildman–Crippen LogP) is 1.49. The van der Waals surface area contributed by atoms with Crippen LogP contribution in [0.5, 0.6) is 0 Å². The molecule has 2 aromatic rings. The minimum absolute atomic E-state index is 0.284. The lowest BCUT2D eigenvalue weighted by atomic mass is 10.3. The van der Waals surface area contributed by atoms with Crippen molar-refractivity contribution in [2.24, 2.45) is 5.73 Å². The topological polar surface area (TPSA) is 81.6 Å². The van der Waals surface area contributed by atoms with Gasteiger partial charge in [0.2, 0.25) is 5.91 Å². The number of nitrogens with one attached hydrogen (secondary N) is 1. The summed E-state index contributed by atoms with van der Waals surface area (Å²) in [6.07, 6.45) is 1.05. The Labute approximate surface area is 110 Å². The normalized spacial score (nSPS) is 11.2. The molecule has 98 valence electrons. The molecule has 7 heteroatoms. The van der Waals surface area contributed by atoms with E-state index in [-0.39, 0.29) is 5.91 Å². The van der Waals surface area contributed by atoms with E-state index < -0.39 is 0 Å². The van der Waals surface area contributed by atoms with Crippen LogP contribution < -0.4 is 5.73 Å². The molecule has 0 spiro atoms. The standard InChI is InChI=1S/C11H17N5OS/c1-3-16-10-9(7(2)14-16)13-11(18)15(10)6-4-5-8(12)17/h3-6H2,1-2H3,(H2,12,17)(H,13,18). The van der Waals surface area contributed by atoms with Gasteiger partial charge in [0.25, 0.3) is 0 Å². The van der Waals surface area contributed by atoms with E-state index in [1.165, 1.54) is 0 Å². The lowest BCUT2D eigenvalue weighted by Gasteiger charge is -2.05. The van der Waals surface area contributed by atoms with Crippen LogP contribution in [0.4, 0.5) is 0 Å². The van der Waals surface area contributed by atoms with Crippen LogP contribution in [-0.4, -0.2) is 25.2 Å². The maximum absolute atomic E-state index is 10.8. The van der Waals surface area contributed by atoms with Crippen molar-refractivity contribution in [3.63, 3.8) is 0 Å². The molecule has 0 atom stereocenters. The number of hydrogen-bond donors (Lipinski definition) is 2. The Morgan fingerprint density at radius 3 is 2.89 bits per heavy atom. The second kappa shape index (κ2) is 4.93. The SMILES string of the molecule is CCn1nc(C)c2[nH]c(=S)n(CCCC(N)=O)c21. The van der Waals surface area contributed by atoms with Crippen molar-refractivity contribution < 1.29 is 4.79 Å². The molecule has 0 radical (unpaired) electrons. The molecule has 0 aromatic carbocycles. The van der Waals surface area contributed by atoms with E-state index in [4.69, 9.17) is 18.0 Å². The molecule has 0 unspecified atom stereocenters. The fraction of sp³-hybridized carbons (Fsp3) is 0.545. The van der Waals surface area contributed by atoms with Crippen LogP contribution in [0.3, 0.4) is 0 Å². The van der Waals surface area contributed by atoms with Gasteiger partial charge in [0.05, 0.1) is 5.69 Å². The highest BCUT2D eigenvalue weighted by Gasteiger charge is 2.13. The zero-order valence-electron chi connectivity index (χ0n) is 10.6. The molecule has 0 bridgehead atoms. The maximum Gasteiger partial charge on any atom is 0.217 e. The summed E-state index contributed by atoms with van der Waals surface area (Å²) < 4.78 is 4.57. The monoisotopic (exact) mass is 267 g/mol. The van der Waals surface area contributed by atoms with Gasteiger partial charge in [0, 0.05) is 19.5 Å². The molecule has 0 aliphatic carbocycles. The number of rotatable bonds is 5. The fourth-order valence-corrected chi connectivity index (χ4v) is 2.38. The third-order valence-corrected chi connectivity index (χ3v) is 3.26. The van der Waals surface area contributed by atoms with Crippen LogP contribution in [0.2, 0.25) is 0 Å². The molecule has 2 heterocycles. The molecule has 3 N–H and O–H groups in total. The van der Waals surface area contributed by atoms with Crippen molar-refractivity contribution in [1.82, 2.24) is 19.3 Å². The number of aromatic nitrogens is 4. The number of aromatic amines is 1. The van der Waals surface area contributed by atoms with Gasteiger partial charge in [-0.25, -0.2) is 4.68 Å². The molecule has 0 saturated heterocycles. The number of primary amides is 1. The van der Waals surface area contributed by atoms with Crippen LogP contribution in [-0.2, 0) is 17.9 Å². The molecule has 1 amide bonds. The molecule has 0 saturated carbocycles. The summed E-state index contributed by atoms with van der Waals surface area (Å²) >= 11 is 5.30. The van der Waals surface area contributed by atoms with Gasteiger partial charge >= 0.3 is 0 Å². The Kier molecular flexibility index (Phi) is 3.51. The van der Waals surface area contributed by atoms with Crippen LogP contribution in [0.1, 0.15) is 25.5 Å². The molecular weight excluding hydrogens is 250 g/mol.